The molecule has 3 rings (SSSR count). The van der Waals surface area contributed by atoms with Gasteiger partial charge in [-0.15, -0.1) is 0 Å². The molecule has 1 aromatic carbocycles. The number of nitrogens with one attached hydrogen (secondary N) is 1. The molecule has 1 aliphatic rings. The van der Waals surface area contributed by atoms with Crippen LogP contribution in [-0.2, 0) is 11.2 Å². The van der Waals surface area contributed by atoms with E-state index in [0.717, 1.165) is 35.4 Å². The fourth-order valence-corrected chi connectivity index (χ4v) is 3.89. The first-order chi connectivity index (χ1) is 15.7. The summed E-state index contributed by atoms with van der Waals surface area (Å²) in [4.78, 5) is 17.4. The van der Waals surface area contributed by atoms with E-state index in [0.29, 0.717) is 11.3 Å². The Morgan fingerprint density at radius 1 is 1.42 bits per heavy atom. The van der Waals surface area contributed by atoms with Gasteiger partial charge in [0, 0.05) is 10.6 Å². The molecule has 5 N–H and O–H groups in total. The van der Waals surface area contributed by atoms with Gasteiger partial charge in [-0.3, -0.25) is 10.1 Å². The van der Waals surface area contributed by atoms with Crippen molar-refractivity contribution in [1.29, 1.82) is 0 Å². The molecule has 0 bridgehead atoms. The third kappa shape index (κ3) is 7.91. The largest absolute Gasteiger partial charge is 0.497 e. The number of hydrogen-bond donors (Lipinski definition) is 3. The molecular formula is C25H33N5O2S. The maximum atomic E-state index is 12.1. The SMILES string of the molecule is C=C(/C=C\C(C)=C/CC)OC.Cc1sncc1C(=O)NC(N)=NC1CCc2cc(N)ccc21. The van der Waals surface area contributed by atoms with Gasteiger partial charge in [0.2, 0.25) is 0 Å². The summed E-state index contributed by atoms with van der Waals surface area (Å²) in [5.41, 5.74) is 16.5. The van der Waals surface area contributed by atoms with Gasteiger partial charge in [0.15, 0.2) is 5.96 Å². The van der Waals surface area contributed by atoms with Crippen molar-refractivity contribution >= 4 is 29.1 Å². The molecule has 1 unspecified atom stereocenters. The van der Waals surface area contributed by atoms with E-state index >= 15 is 0 Å². The first-order valence-electron chi connectivity index (χ1n) is 10.8. The Labute approximate surface area is 200 Å². The maximum absolute atomic E-state index is 12.1. The number of aromatic nitrogens is 1. The lowest BCUT2D eigenvalue weighted by Crippen LogP contribution is -2.37. The zero-order valence-electron chi connectivity index (χ0n) is 19.7. The molecule has 0 saturated carbocycles. The number of methoxy groups -OCH3 is 1. The summed E-state index contributed by atoms with van der Waals surface area (Å²) in [5.74, 6) is 0.544. The van der Waals surface area contributed by atoms with Crippen molar-refractivity contribution in [2.45, 2.75) is 46.1 Å². The van der Waals surface area contributed by atoms with Crippen LogP contribution in [0.4, 0.5) is 5.69 Å². The van der Waals surface area contributed by atoms with Crippen LogP contribution in [0.25, 0.3) is 0 Å². The van der Waals surface area contributed by atoms with Gasteiger partial charge in [-0.1, -0.05) is 37.3 Å². The maximum Gasteiger partial charge on any atom is 0.260 e. The summed E-state index contributed by atoms with van der Waals surface area (Å²) < 4.78 is 8.85. The lowest BCUT2D eigenvalue weighted by molar-refractivity contribution is 0.0976. The van der Waals surface area contributed by atoms with Gasteiger partial charge >= 0.3 is 0 Å². The molecule has 0 saturated heterocycles. The number of hydrogen-bond acceptors (Lipinski definition) is 6. The van der Waals surface area contributed by atoms with Crippen LogP contribution < -0.4 is 16.8 Å². The molecular weight excluding hydrogens is 434 g/mol. The van der Waals surface area contributed by atoms with Crippen molar-refractivity contribution in [1.82, 2.24) is 9.69 Å². The van der Waals surface area contributed by atoms with Crippen LogP contribution in [0.2, 0.25) is 0 Å². The first-order valence-corrected chi connectivity index (χ1v) is 11.5. The summed E-state index contributed by atoms with van der Waals surface area (Å²) in [7, 11) is 1.62. The number of carbonyl (C=O) groups is 1. The second-order valence-corrected chi connectivity index (χ2v) is 8.64. The first kappa shape index (κ1) is 25.9. The number of nitrogens with two attached hydrogens (primary N) is 2. The van der Waals surface area contributed by atoms with E-state index in [2.05, 4.69) is 41.2 Å². The van der Waals surface area contributed by atoms with Crippen LogP contribution >= 0.6 is 11.5 Å². The number of nitrogen functional groups attached to an aromatic ring is 1. The number of guanidine groups is 1. The topological polar surface area (TPSA) is 116 Å². The number of rotatable bonds is 6. The third-order valence-electron chi connectivity index (χ3n) is 5.07. The Balaban J connectivity index is 0.000000299. The van der Waals surface area contributed by atoms with Crippen LogP contribution in [-0.4, -0.2) is 23.4 Å². The standard InChI is InChI=1S/C15H17N5OS.C10H16O/c1-8-12(7-18-22-8)14(21)20-15(17)19-13-5-2-9-6-10(16)3-4-11(9)13;1-5-6-9(2)7-8-10(3)11-4/h3-4,6-7,13H,2,5,16H2,1H3,(H3,17,19,20,21);6-8H,3,5H2,1-2,4H3/b;8-7-,9-6-. The molecule has 0 radical (unpaired) electrons. The number of benzene rings is 1. The van der Waals surface area contributed by atoms with Crippen LogP contribution in [0, 0.1) is 6.92 Å². The molecule has 176 valence electrons. The molecule has 1 aliphatic carbocycles. The second kappa shape index (κ2) is 12.6. The highest BCUT2D eigenvalue weighted by atomic mass is 32.1. The van der Waals surface area contributed by atoms with Gasteiger partial charge in [0.1, 0.15) is 5.76 Å². The monoisotopic (exact) mass is 467 g/mol. The van der Waals surface area contributed by atoms with Gasteiger partial charge in [-0.2, -0.15) is 0 Å². The molecule has 8 heteroatoms. The van der Waals surface area contributed by atoms with E-state index in [1.54, 1.807) is 7.11 Å². The lowest BCUT2D eigenvalue weighted by Gasteiger charge is -2.09. The van der Waals surface area contributed by atoms with Gasteiger partial charge in [-0.25, -0.2) is 9.37 Å². The minimum Gasteiger partial charge on any atom is -0.497 e. The van der Waals surface area contributed by atoms with Crippen LogP contribution in [0.15, 0.2) is 65.5 Å². The summed E-state index contributed by atoms with van der Waals surface area (Å²) in [6, 6.07) is 5.79. The van der Waals surface area contributed by atoms with Crippen molar-refractivity contribution in [2.75, 3.05) is 12.8 Å². The van der Waals surface area contributed by atoms with E-state index in [1.807, 2.05) is 37.3 Å². The average Bonchev–Trinajstić information content (AvgIpc) is 3.38. The lowest BCUT2D eigenvalue weighted by atomic mass is 10.1. The van der Waals surface area contributed by atoms with Crippen LogP contribution in [0.3, 0.4) is 0 Å². The van der Waals surface area contributed by atoms with Crippen molar-refractivity contribution in [3.8, 4) is 0 Å². The average molecular weight is 468 g/mol. The summed E-state index contributed by atoms with van der Waals surface area (Å²) in [6.45, 7) is 9.69. The molecule has 0 aliphatic heterocycles. The molecule has 1 aromatic heterocycles. The number of aliphatic imine (C=N–C) groups is 1. The predicted octanol–water partition coefficient (Wildman–Crippen LogP) is 4.82. The molecule has 33 heavy (non-hydrogen) atoms. The number of carbonyl (C=O) groups excluding carboxylic acids is 1. The molecule has 7 nitrogen and oxygen atoms in total. The molecule has 1 amide bonds. The number of aryl methyl sites for hydroxylation is 2. The Morgan fingerprint density at radius 3 is 2.82 bits per heavy atom. The highest BCUT2D eigenvalue weighted by Gasteiger charge is 2.22. The summed E-state index contributed by atoms with van der Waals surface area (Å²) >= 11 is 1.28. The highest BCUT2D eigenvalue weighted by molar-refractivity contribution is 7.06. The Hall–Kier alpha value is -3.39. The van der Waals surface area contributed by atoms with Gasteiger partial charge < -0.3 is 16.2 Å². The van der Waals surface area contributed by atoms with E-state index in [-0.39, 0.29) is 17.9 Å². The normalized spacial score (nSPS) is 15.6. The second-order valence-electron chi connectivity index (χ2n) is 7.64. The zero-order valence-corrected chi connectivity index (χ0v) is 20.5. The quantitative estimate of drug-likeness (QED) is 0.185. The minimum absolute atomic E-state index is 0.0300. The van der Waals surface area contributed by atoms with Crippen LogP contribution in [0.5, 0.6) is 0 Å². The van der Waals surface area contributed by atoms with E-state index in [1.165, 1.54) is 28.9 Å². The highest BCUT2D eigenvalue weighted by Crippen LogP contribution is 2.34. The number of nitrogens with zero attached hydrogens (tertiary/aromatic N) is 2. The number of anilines is 1. The van der Waals surface area contributed by atoms with Gasteiger partial charge in [-0.05, 0) is 74.0 Å². The van der Waals surface area contributed by atoms with Crippen molar-refractivity contribution < 1.29 is 9.53 Å². The molecule has 2 aromatic rings. The van der Waals surface area contributed by atoms with Crippen molar-refractivity contribution in [3.63, 3.8) is 0 Å². The molecule has 1 atom stereocenters. The summed E-state index contributed by atoms with van der Waals surface area (Å²) in [6.07, 6.45) is 10.4. The fourth-order valence-electron chi connectivity index (χ4n) is 3.33. The predicted molar refractivity (Wildman–Crippen MR) is 137 cm³/mol. The van der Waals surface area contributed by atoms with Crippen molar-refractivity contribution in [3.05, 3.63) is 82.1 Å². The number of allylic oxidation sites excluding steroid dienone is 4. The summed E-state index contributed by atoms with van der Waals surface area (Å²) in [5, 5.41) is 2.62. The Bertz CT molecular complexity index is 1070. The van der Waals surface area contributed by atoms with Crippen LogP contribution in [0.1, 0.15) is 59.1 Å². The van der Waals surface area contributed by atoms with E-state index in [9.17, 15) is 4.79 Å². The third-order valence-corrected chi connectivity index (χ3v) is 5.77. The van der Waals surface area contributed by atoms with Gasteiger partial charge in [0.25, 0.3) is 5.91 Å². The Kier molecular flexibility index (Phi) is 9.87. The van der Waals surface area contributed by atoms with E-state index in [4.69, 9.17) is 16.2 Å². The molecule has 0 fully saturated rings. The number of amides is 1. The smallest absolute Gasteiger partial charge is 0.260 e. The molecule has 1 heterocycles. The molecule has 0 spiro atoms. The minimum atomic E-state index is -0.275. The van der Waals surface area contributed by atoms with Gasteiger partial charge in [0.05, 0.1) is 24.9 Å². The number of fused-ring (bicyclic) bond motifs is 1. The Morgan fingerprint density at radius 2 is 2.18 bits per heavy atom. The van der Waals surface area contributed by atoms with E-state index < -0.39 is 0 Å². The number of ether oxygens (including phenoxy) is 1. The zero-order chi connectivity index (χ0) is 24.4. The van der Waals surface area contributed by atoms with Crippen molar-refractivity contribution in [2.24, 2.45) is 10.7 Å². The fraction of sp³-hybridized carbons (Fsp3) is 0.320.